The van der Waals surface area contributed by atoms with E-state index in [4.69, 9.17) is 16.6 Å². The van der Waals surface area contributed by atoms with Crippen LogP contribution in [-0.4, -0.2) is 27.5 Å². The van der Waals surface area contributed by atoms with Crippen molar-refractivity contribution in [2.75, 3.05) is 7.05 Å². The van der Waals surface area contributed by atoms with Gasteiger partial charge in [-0.15, -0.1) is 0 Å². The summed E-state index contributed by atoms with van der Waals surface area (Å²) in [4.78, 5) is 7.24. The van der Waals surface area contributed by atoms with Crippen molar-refractivity contribution < 1.29 is 0 Å². The molecule has 3 heterocycles. The van der Waals surface area contributed by atoms with Gasteiger partial charge in [-0.05, 0) is 75.6 Å². The Morgan fingerprint density at radius 2 is 2.04 bits per heavy atom. The van der Waals surface area contributed by atoms with Gasteiger partial charge in [0.2, 0.25) is 0 Å². The number of likely N-dealkylation sites (N-methyl/N-ethyl adjacent to an activating group) is 1. The number of aryl methyl sites for hydroxylation is 2. The summed E-state index contributed by atoms with van der Waals surface area (Å²) < 4.78 is 2.44. The summed E-state index contributed by atoms with van der Waals surface area (Å²) in [6.07, 6.45) is 6.79. The van der Waals surface area contributed by atoms with Crippen molar-refractivity contribution in [2.45, 2.75) is 52.1 Å². The van der Waals surface area contributed by atoms with Crippen molar-refractivity contribution in [2.24, 2.45) is 0 Å². The highest BCUT2D eigenvalue weighted by Gasteiger charge is 2.27. The van der Waals surface area contributed by atoms with E-state index in [1.807, 2.05) is 6.07 Å². The Balaban J connectivity index is 1.73. The standard InChI is InChI=1S/C24H26ClN3/c1-15-7-9-19-17(5-4-6-22(19)26-15)13-28-23-10-8-18(25)12-20(23)21-14-27(3)16(2)11-24(21)28/h7-10,12-13,16H,4-6,11,14H2,1-3H3. The molecular weight excluding hydrogens is 366 g/mol. The van der Waals surface area contributed by atoms with Gasteiger partial charge < -0.3 is 4.57 Å². The number of benzene rings is 1. The monoisotopic (exact) mass is 391 g/mol. The summed E-state index contributed by atoms with van der Waals surface area (Å²) >= 11 is 6.36. The van der Waals surface area contributed by atoms with Crippen molar-refractivity contribution in [3.63, 3.8) is 0 Å². The lowest BCUT2D eigenvalue weighted by Crippen LogP contribution is -2.35. The average molecular weight is 392 g/mol. The maximum atomic E-state index is 6.36. The smallest absolute Gasteiger partial charge is 0.0529 e. The van der Waals surface area contributed by atoms with Gasteiger partial charge in [0.25, 0.3) is 0 Å². The van der Waals surface area contributed by atoms with E-state index in [9.17, 15) is 0 Å². The van der Waals surface area contributed by atoms with E-state index in [2.05, 4.69) is 60.8 Å². The zero-order valence-electron chi connectivity index (χ0n) is 16.8. The molecule has 0 saturated heterocycles. The summed E-state index contributed by atoms with van der Waals surface area (Å²) in [5.74, 6) is 0. The van der Waals surface area contributed by atoms with Crippen LogP contribution in [0, 0.1) is 6.92 Å². The molecule has 0 N–H and O–H groups in total. The van der Waals surface area contributed by atoms with Gasteiger partial charge in [-0.2, -0.15) is 0 Å². The van der Waals surface area contributed by atoms with Crippen molar-refractivity contribution in [1.82, 2.24) is 14.5 Å². The zero-order valence-corrected chi connectivity index (χ0v) is 17.6. The minimum absolute atomic E-state index is 0.535. The quantitative estimate of drug-likeness (QED) is 0.529. The first-order valence-corrected chi connectivity index (χ1v) is 10.6. The summed E-state index contributed by atoms with van der Waals surface area (Å²) in [6, 6.07) is 11.2. The Bertz CT molecular complexity index is 1110. The lowest BCUT2D eigenvalue weighted by atomic mass is 9.91. The van der Waals surface area contributed by atoms with Crippen LogP contribution in [0.2, 0.25) is 5.02 Å². The number of halogens is 1. The maximum Gasteiger partial charge on any atom is 0.0529 e. The van der Waals surface area contributed by atoms with Crippen LogP contribution >= 0.6 is 11.6 Å². The highest BCUT2D eigenvalue weighted by molar-refractivity contribution is 6.31. The van der Waals surface area contributed by atoms with Crippen LogP contribution in [0.5, 0.6) is 0 Å². The number of rotatable bonds is 1. The van der Waals surface area contributed by atoms with E-state index < -0.39 is 0 Å². The number of hydrogen-bond acceptors (Lipinski definition) is 2. The number of hydrogen-bond donors (Lipinski definition) is 0. The summed E-state index contributed by atoms with van der Waals surface area (Å²) in [6.45, 7) is 5.37. The first-order valence-electron chi connectivity index (χ1n) is 10.2. The van der Waals surface area contributed by atoms with E-state index in [1.165, 1.54) is 45.4 Å². The summed E-state index contributed by atoms with van der Waals surface area (Å²) in [7, 11) is 2.21. The number of nitrogens with zero attached hydrogens (tertiary/aromatic N) is 3. The molecule has 2 aliphatic rings. The molecule has 28 heavy (non-hydrogen) atoms. The van der Waals surface area contributed by atoms with Crippen molar-refractivity contribution >= 4 is 34.3 Å². The van der Waals surface area contributed by atoms with Crippen LogP contribution in [-0.2, 0) is 19.4 Å². The average Bonchev–Trinajstić information content (AvgIpc) is 2.94. The Kier molecular flexibility index (Phi) is 4.33. The third-order valence-electron chi connectivity index (χ3n) is 6.44. The molecule has 0 saturated carbocycles. The van der Waals surface area contributed by atoms with Gasteiger partial charge in [-0.25, -0.2) is 0 Å². The van der Waals surface area contributed by atoms with Gasteiger partial charge in [-0.1, -0.05) is 17.7 Å². The minimum Gasteiger partial charge on any atom is -0.320 e. The molecule has 1 aliphatic carbocycles. The second-order valence-electron chi connectivity index (χ2n) is 8.38. The minimum atomic E-state index is 0.535. The van der Waals surface area contributed by atoms with E-state index >= 15 is 0 Å². The third kappa shape index (κ3) is 2.89. The molecule has 4 heteroatoms. The van der Waals surface area contributed by atoms with Crippen molar-refractivity contribution in [3.8, 4) is 0 Å². The first kappa shape index (κ1) is 18.0. The predicted octanol–water partition coefficient (Wildman–Crippen LogP) is 5.71. The molecule has 3 nitrogen and oxygen atoms in total. The summed E-state index contributed by atoms with van der Waals surface area (Å²) in [5, 5.41) is 2.10. The van der Waals surface area contributed by atoms with Crippen LogP contribution in [0.4, 0.5) is 0 Å². The zero-order chi connectivity index (χ0) is 19.4. The molecule has 0 amide bonds. The molecule has 144 valence electrons. The Hall–Kier alpha value is -2.10. The lowest BCUT2D eigenvalue weighted by Gasteiger charge is -2.30. The molecule has 2 aromatic heterocycles. The largest absolute Gasteiger partial charge is 0.320 e. The van der Waals surface area contributed by atoms with Gasteiger partial charge >= 0.3 is 0 Å². The first-order chi connectivity index (χ1) is 13.5. The van der Waals surface area contributed by atoms with E-state index in [1.54, 1.807) is 0 Å². The second kappa shape index (κ2) is 6.75. The highest BCUT2D eigenvalue weighted by Crippen LogP contribution is 2.37. The molecule has 0 bridgehead atoms. The molecule has 1 aromatic carbocycles. The molecule has 0 radical (unpaired) electrons. The molecule has 0 spiro atoms. The van der Waals surface area contributed by atoms with Crippen LogP contribution in [0.1, 0.15) is 48.0 Å². The van der Waals surface area contributed by atoms with Crippen molar-refractivity contribution in [3.05, 3.63) is 63.6 Å². The fraction of sp³-hybridized carbons (Fsp3) is 0.375. The normalized spacial score (nSPS) is 21.1. The maximum absolute atomic E-state index is 6.36. The molecule has 3 aromatic rings. The molecular formula is C24H26ClN3. The fourth-order valence-corrected chi connectivity index (χ4v) is 4.93. The molecule has 1 aliphatic heterocycles. The Morgan fingerprint density at radius 3 is 2.89 bits per heavy atom. The van der Waals surface area contributed by atoms with Gasteiger partial charge in [0.15, 0.2) is 0 Å². The number of aromatic nitrogens is 2. The van der Waals surface area contributed by atoms with Gasteiger partial charge in [-0.3, -0.25) is 9.88 Å². The number of allylic oxidation sites excluding steroid dienone is 1. The molecule has 5 rings (SSSR count). The number of pyridine rings is 1. The van der Waals surface area contributed by atoms with Crippen molar-refractivity contribution in [1.29, 1.82) is 0 Å². The van der Waals surface area contributed by atoms with E-state index in [0.717, 1.165) is 36.5 Å². The summed E-state index contributed by atoms with van der Waals surface area (Å²) in [5.41, 5.74) is 9.19. The second-order valence-corrected chi connectivity index (χ2v) is 8.82. The molecule has 0 fully saturated rings. The van der Waals surface area contributed by atoms with Crippen LogP contribution in [0.15, 0.2) is 30.3 Å². The van der Waals surface area contributed by atoms with E-state index in [-0.39, 0.29) is 0 Å². The van der Waals surface area contributed by atoms with Crippen LogP contribution < -0.4 is 0 Å². The lowest BCUT2D eigenvalue weighted by molar-refractivity contribution is 0.230. The molecule has 1 unspecified atom stereocenters. The predicted molar refractivity (Wildman–Crippen MR) is 118 cm³/mol. The van der Waals surface area contributed by atoms with Gasteiger partial charge in [0.05, 0.1) is 5.52 Å². The SMILES string of the molecule is Cc1ccc2c(n1)CCCC2=Cn1c2c(c3cc(Cl)ccc31)CN(C)C(C)C2. The number of fused-ring (bicyclic) bond motifs is 4. The van der Waals surface area contributed by atoms with Crippen LogP contribution in [0.25, 0.3) is 22.7 Å². The third-order valence-corrected chi connectivity index (χ3v) is 6.67. The van der Waals surface area contributed by atoms with Gasteiger partial charge in [0.1, 0.15) is 0 Å². The van der Waals surface area contributed by atoms with Gasteiger partial charge in [0, 0.05) is 58.3 Å². The van der Waals surface area contributed by atoms with E-state index in [0.29, 0.717) is 6.04 Å². The Morgan fingerprint density at radius 1 is 1.18 bits per heavy atom. The Labute approximate surface area is 171 Å². The fourth-order valence-electron chi connectivity index (χ4n) is 4.76. The topological polar surface area (TPSA) is 21.1 Å². The van der Waals surface area contributed by atoms with Crippen LogP contribution in [0.3, 0.4) is 0 Å². The highest BCUT2D eigenvalue weighted by atomic mass is 35.5. The molecule has 1 atom stereocenters.